The second-order valence-electron chi connectivity index (χ2n) is 4.11. The lowest BCUT2D eigenvalue weighted by atomic mass is 10.1. The number of fused-ring (bicyclic) bond motifs is 1. The molecule has 1 atom stereocenters. The van der Waals surface area contributed by atoms with Gasteiger partial charge in [0.1, 0.15) is 23.7 Å². The van der Waals surface area contributed by atoms with E-state index in [0.717, 1.165) is 0 Å². The molecule has 1 aromatic rings. The Labute approximate surface area is 97.4 Å². The van der Waals surface area contributed by atoms with E-state index in [1.165, 1.54) is 6.26 Å². The summed E-state index contributed by atoms with van der Waals surface area (Å²) in [6.45, 7) is 0.468. The topological polar surface area (TPSA) is 94.8 Å². The van der Waals surface area contributed by atoms with Gasteiger partial charge in [0.25, 0.3) is 0 Å². The van der Waals surface area contributed by atoms with Crippen molar-refractivity contribution in [1.29, 1.82) is 0 Å². The van der Waals surface area contributed by atoms with E-state index in [1.54, 1.807) is 0 Å². The number of aromatic carboxylic acids is 1. The molecule has 1 aromatic heterocycles. The summed E-state index contributed by atoms with van der Waals surface area (Å²) in [6, 6.07) is -0.492. The van der Waals surface area contributed by atoms with Gasteiger partial charge in [-0.3, -0.25) is 4.79 Å². The second kappa shape index (κ2) is 4.10. The molecule has 0 fully saturated rings. The van der Waals surface area contributed by atoms with Crippen LogP contribution >= 0.6 is 0 Å². The van der Waals surface area contributed by atoms with Crippen molar-refractivity contribution in [2.45, 2.75) is 6.04 Å². The first-order valence-electron chi connectivity index (χ1n) is 5.06. The summed E-state index contributed by atoms with van der Waals surface area (Å²) >= 11 is 0. The Kier molecular flexibility index (Phi) is 2.76. The highest BCUT2D eigenvalue weighted by molar-refractivity contribution is 6.07. The zero-order valence-electron chi connectivity index (χ0n) is 9.48. The number of rotatable bonds is 3. The number of nitrogens with zero attached hydrogens (tertiary/aromatic N) is 1. The van der Waals surface area contributed by atoms with Crippen LogP contribution in [0, 0.1) is 0 Å². The maximum atomic E-state index is 11.7. The average Bonchev–Trinajstić information content (AvgIpc) is 2.60. The molecule has 0 saturated carbocycles. The van der Waals surface area contributed by atoms with Crippen molar-refractivity contribution in [3.8, 4) is 0 Å². The van der Waals surface area contributed by atoms with Gasteiger partial charge in [-0.2, -0.15) is 0 Å². The van der Waals surface area contributed by atoms with Gasteiger partial charge in [0, 0.05) is 6.54 Å². The van der Waals surface area contributed by atoms with E-state index in [9.17, 15) is 9.59 Å². The molecule has 7 nitrogen and oxygen atoms in total. The highest BCUT2D eigenvalue weighted by Crippen LogP contribution is 2.32. The molecule has 17 heavy (non-hydrogen) atoms. The van der Waals surface area contributed by atoms with Crippen molar-refractivity contribution < 1.29 is 19.1 Å². The summed E-state index contributed by atoms with van der Waals surface area (Å²) in [6.07, 6.45) is 1.22. The fraction of sp³-hybridized carbons (Fsp3) is 0.400. The number of furan rings is 1. The van der Waals surface area contributed by atoms with Crippen LogP contribution in [0.25, 0.3) is 0 Å². The van der Waals surface area contributed by atoms with Crippen molar-refractivity contribution in [3.05, 3.63) is 12.0 Å². The zero-order valence-corrected chi connectivity index (χ0v) is 9.48. The Hall–Kier alpha value is -2.02. The standard InChI is InChI=1S/C10H13N3O4/c1-13(2)3-5-9(14)12-6-4-17-8(10(15)16)7(6)11-5/h4-5,11H,3H2,1-2H3,(H,12,14)(H,15,16). The van der Waals surface area contributed by atoms with Crippen LogP contribution in [0.2, 0.25) is 0 Å². The molecule has 2 heterocycles. The van der Waals surface area contributed by atoms with Crippen molar-refractivity contribution in [1.82, 2.24) is 4.90 Å². The molecule has 7 heteroatoms. The molecule has 0 aromatic carbocycles. The summed E-state index contributed by atoms with van der Waals surface area (Å²) in [5, 5.41) is 14.4. The van der Waals surface area contributed by atoms with Crippen LogP contribution in [-0.2, 0) is 4.79 Å². The van der Waals surface area contributed by atoms with E-state index in [-0.39, 0.29) is 11.7 Å². The summed E-state index contributed by atoms with van der Waals surface area (Å²) in [5.74, 6) is -1.56. The van der Waals surface area contributed by atoms with Gasteiger partial charge in [0.15, 0.2) is 0 Å². The van der Waals surface area contributed by atoms with Crippen molar-refractivity contribution in [2.75, 3.05) is 31.3 Å². The van der Waals surface area contributed by atoms with Gasteiger partial charge in [-0.1, -0.05) is 0 Å². The van der Waals surface area contributed by atoms with E-state index in [0.29, 0.717) is 17.9 Å². The molecule has 1 unspecified atom stereocenters. The fourth-order valence-corrected chi connectivity index (χ4v) is 1.70. The quantitative estimate of drug-likeness (QED) is 0.701. The number of amides is 1. The van der Waals surface area contributed by atoms with Gasteiger partial charge in [0.05, 0.1) is 0 Å². The summed E-state index contributed by atoms with van der Waals surface area (Å²) in [5.41, 5.74) is 0.686. The van der Waals surface area contributed by atoms with Gasteiger partial charge in [0.2, 0.25) is 11.7 Å². The lowest BCUT2D eigenvalue weighted by Gasteiger charge is -2.26. The monoisotopic (exact) mass is 239 g/mol. The molecule has 3 N–H and O–H groups in total. The lowest BCUT2D eigenvalue weighted by molar-refractivity contribution is -0.117. The maximum absolute atomic E-state index is 11.7. The highest BCUT2D eigenvalue weighted by Gasteiger charge is 2.31. The maximum Gasteiger partial charge on any atom is 0.374 e. The summed E-state index contributed by atoms with van der Waals surface area (Å²) in [7, 11) is 3.66. The van der Waals surface area contributed by atoms with Crippen LogP contribution in [0.1, 0.15) is 10.6 Å². The first kappa shape index (κ1) is 11.5. The van der Waals surface area contributed by atoms with Crippen LogP contribution in [0.5, 0.6) is 0 Å². The predicted molar refractivity (Wildman–Crippen MR) is 60.3 cm³/mol. The Bertz CT molecular complexity index is 466. The van der Waals surface area contributed by atoms with E-state index in [2.05, 4.69) is 10.6 Å². The number of carbonyl (C=O) groups is 2. The van der Waals surface area contributed by atoms with Gasteiger partial charge in [-0.25, -0.2) is 4.79 Å². The number of likely N-dealkylation sites (N-methyl/N-ethyl adjacent to an activating group) is 1. The fourth-order valence-electron chi connectivity index (χ4n) is 1.70. The van der Waals surface area contributed by atoms with Crippen molar-refractivity contribution >= 4 is 23.3 Å². The molecule has 92 valence electrons. The number of anilines is 2. The largest absolute Gasteiger partial charge is 0.475 e. The molecule has 0 bridgehead atoms. The predicted octanol–water partition coefficient (Wildman–Crippen LogP) is 0.272. The number of carboxylic acids is 1. The molecule has 0 spiro atoms. The third-order valence-electron chi connectivity index (χ3n) is 2.43. The molecule has 1 amide bonds. The number of nitrogens with one attached hydrogen (secondary N) is 2. The molecule has 0 aliphatic carbocycles. The smallest absolute Gasteiger partial charge is 0.374 e. The normalized spacial score (nSPS) is 18.5. The SMILES string of the molecule is CN(C)CC1Nc2c(coc2C(=O)O)NC1=O. The lowest BCUT2D eigenvalue weighted by Crippen LogP contribution is -2.45. The average molecular weight is 239 g/mol. The Balaban J connectivity index is 2.28. The zero-order chi connectivity index (χ0) is 12.6. The van der Waals surface area contributed by atoms with Gasteiger partial charge in [-0.15, -0.1) is 0 Å². The third-order valence-corrected chi connectivity index (χ3v) is 2.43. The number of hydrogen-bond acceptors (Lipinski definition) is 5. The van der Waals surface area contributed by atoms with Gasteiger partial charge in [-0.05, 0) is 14.1 Å². The summed E-state index contributed by atoms with van der Waals surface area (Å²) < 4.78 is 4.89. The van der Waals surface area contributed by atoms with E-state index >= 15 is 0 Å². The first-order valence-corrected chi connectivity index (χ1v) is 5.06. The van der Waals surface area contributed by atoms with E-state index in [1.807, 2.05) is 19.0 Å². The number of hydrogen-bond donors (Lipinski definition) is 3. The number of carbonyl (C=O) groups excluding carboxylic acids is 1. The summed E-state index contributed by atoms with van der Waals surface area (Å²) in [4.78, 5) is 24.4. The van der Waals surface area contributed by atoms with Crippen LogP contribution in [0.15, 0.2) is 10.7 Å². The van der Waals surface area contributed by atoms with Crippen LogP contribution < -0.4 is 10.6 Å². The molecule has 1 aliphatic heterocycles. The Morgan fingerprint density at radius 2 is 2.29 bits per heavy atom. The highest BCUT2D eigenvalue weighted by atomic mass is 16.4. The Morgan fingerprint density at radius 3 is 2.88 bits per heavy atom. The van der Waals surface area contributed by atoms with E-state index < -0.39 is 12.0 Å². The molecule has 1 aliphatic rings. The molecular weight excluding hydrogens is 226 g/mol. The van der Waals surface area contributed by atoms with Gasteiger partial charge >= 0.3 is 5.97 Å². The minimum Gasteiger partial charge on any atom is -0.475 e. The van der Waals surface area contributed by atoms with Crippen molar-refractivity contribution in [2.24, 2.45) is 0 Å². The number of carboxylic acid groups (broad SMARTS) is 1. The van der Waals surface area contributed by atoms with Crippen LogP contribution in [0.3, 0.4) is 0 Å². The first-order chi connectivity index (χ1) is 7.99. The van der Waals surface area contributed by atoms with Crippen LogP contribution in [0.4, 0.5) is 11.4 Å². The Morgan fingerprint density at radius 1 is 1.59 bits per heavy atom. The molecule has 0 radical (unpaired) electrons. The van der Waals surface area contributed by atoms with Gasteiger partial charge < -0.3 is 25.1 Å². The minimum atomic E-state index is -1.17. The van der Waals surface area contributed by atoms with Crippen LogP contribution in [-0.4, -0.2) is 48.6 Å². The molecule has 2 rings (SSSR count). The second-order valence-corrected chi connectivity index (χ2v) is 4.11. The molecule has 0 saturated heterocycles. The van der Waals surface area contributed by atoms with Crippen molar-refractivity contribution in [3.63, 3.8) is 0 Å². The third kappa shape index (κ3) is 2.09. The molecular formula is C10H13N3O4. The van der Waals surface area contributed by atoms with E-state index in [4.69, 9.17) is 9.52 Å². The minimum absolute atomic E-state index is 0.191.